The Hall–Kier alpha value is -1.68. The first kappa shape index (κ1) is 14.7. The minimum atomic E-state index is -0.527. The number of nitrogens with one attached hydrogen (secondary N) is 1. The fourth-order valence-corrected chi connectivity index (χ4v) is 2.58. The first-order chi connectivity index (χ1) is 9.60. The average molecular weight is 275 g/mol. The van der Waals surface area contributed by atoms with Crippen LogP contribution < -0.4 is 5.32 Å². The molecule has 2 N–H and O–H groups in total. The maximum absolute atomic E-state index is 12.0. The summed E-state index contributed by atoms with van der Waals surface area (Å²) in [5, 5.41) is 11.9. The van der Waals surface area contributed by atoms with E-state index in [1.807, 2.05) is 19.1 Å². The maximum atomic E-state index is 12.0. The molecule has 0 radical (unpaired) electrons. The van der Waals surface area contributed by atoms with Crippen molar-refractivity contribution in [3.63, 3.8) is 0 Å². The number of benzene rings is 1. The summed E-state index contributed by atoms with van der Waals surface area (Å²) in [6.07, 6.45) is 3.47. The smallest absolute Gasteiger partial charge is 0.292 e. The number of ketones is 1. The number of aliphatic hydroxyl groups is 1. The van der Waals surface area contributed by atoms with E-state index < -0.39 is 11.7 Å². The van der Waals surface area contributed by atoms with Crippen LogP contribution in [-0.2, 0) is 4.79 Å². The summed E-state index contributed by atoms with van der Waals surface area (Å²) in [6.45, 7) is 2.15. The molecule has 0 heterocycles. The normalized spacial score (nSPS) is 22.3. The van der Waals surface area contributed by atoms with Gasteiger partial charge in [-0.3, -0.25) is 9.59 Å². The molecule has 0 spiro atoms. The van der Waals surface area contributed by atoms with Crippen molar-refractivity contribution >= 4 is 11.7 Å². The fraction of sp³-hybridized carbons (Fsp3) is 0.500. The van der Waals surface area contributed by atoms with Crippen LogP contribution in [0, 0.1) is 12.8 Å². The van der Waals surface area contributed by atoms with Crippen LogP contribution in [0.3, 0.4) is 0 Å². The molecule has 0 saturated heterocycles. The summed E-state index contributed by atoms with van der Waals surface area (Å²) in [4.78, 5) is 23.9. The lowest BCUT2D eigenvalue weighted by Crippen LogP contribution is -2.41. The molecule has 1 fully saturated rings. The first-order valence-electron chi connectivity index (χ1n) is 7.13. The number of aryl methyl sites for hydroxylation is 1. The Bertz CT molecular complexity index is 473. The number of amides is 1. The number of hydrogen-bond donors (Lipinski definition) is 2. The zero-order valence-corrected chi connectivity index (χ0v) is 11.8. The zero-order valence-electron chi connectivity index (χ0n) is 11.8. The third kappa shape index (κ3) is 3.67. The van der Waals surface area contributed by atoms with Crippen LogP contribution in [0.1, 0.15) is 41.6 Å². The van der Waals surface area contributed by atoms with Gasteiger partial charge < -0.3 is 10.4 Å². The Morgan fingerprint density at radius 3 is 2.30 bits per heavy atom. The lowest BCUT2D eigenvalue weighted by atomic mass is 9.86. The molecular formula is C16H21NO3. The molecule has 0 aliphatic heterocycles. The van der Waals surface area contributed by atoms with Gasteiger partial charge >= 0.3 is 0 Å². The highest BCUT2D eigenvalue weighted by Gasteiger charge is 2.24. The second kappa shape index (κ2) is 6.66. The van der Waals surface area contributed by atoms with Crippen molar-refractivity contribution in [1.82, 2.24) is 5.32 Å². The van der Waals surface area contributed by atoms with E-state index in [0.29, 0.717) is 11.5 Å². The Balaban J connectivity index is 1.89. The number of rotatable bonds is 4. The highest BCUT2D eigenvalue weighted by Crippen LogP contribution is 2.23. The monoisotopic (exact) mass is 275 g/mol. The second-order valence-electron chi connectivity index (χ2n) is 5.57. The molecule has 0 bridgehead atoms. The van der Waals surface area contributed by atoms with Crippen molar-refractivity contribution in [3.8, 4) is 0 Å². The van der Waals surface area contributed by atoms with E-state index in [0.717, 1.165) is 31.2 Å². The molecular weight excluding hydrogens is 254 g/mol. The summed E-state index contributed by atoms with van der Waals surface area (Å²) in [7, 11) is 0. The van der Waals surface area contributed by atoms with Gasteiger partial charge in [-0.2, -0.15) is 0 Å². The van der Waals surface area contributed by atoms with Crippen LogP contribution in [0.2, 0.25) is 0 Å². The largest absolute Gasteiger partial charge is 0.396 e. The summed E-state index contributed by atoms with van der Waals surface area (Å²) < 4.78 is 0. The maximum Gasteiger partial charge on any atom is 0.292 e. The highest BCUT2D eigenvalue weighted by atomic mass is 16.3. The Morgan fingerprint density at radius 2 is 1.75 bits per heavy atom. The molecule has 4 nitrogen and oxygen atoms in total. The van der Waals surface area contributed by atoms with Crippen molar-refractivity contribution in [2.45, 2.75) is 38.6 Å². The number of hydrogen-bond acceptors (Lipinski definition) is 3. The molecule has 0 unspecified atom stereocenters. The molecule has 1 saturated carbocycles. The van der Waals surface area contributed by atoms with Gasteiger partial charge in [-0.25, -0.2) is 0 Å². The van der Waals surface area contributed by atoms with Gasteiger partial charge in [0.25, 0.3) is 5.91 Å². The second-order valence-corrected chi connectivity index (χ2v) is 5.57. The summed E-state index contributed by atoms with van der Waals surface area (Å²) >= 11 is 0. The summed E-state index contributed by atoms with van der Waals surface area (Å²) in [5.41, 5.74) is 1.49. The predicted molar refractivity (Wildman–Crippen MR) is 76.5 cm³/mol. The number of carbonyl (C=O) groups is 2. The lowest BCUT2D eigenvalue weighted by molar-refractivity contribution is -0.117. The third-order valence-electron chi connectivity index (χ3n) is 3.96. The van der Waals surface area contributed by atoms with E-state index in [4.69, 9.17) is 5.11 Å². The van der Waals surface area contributed by atoms with E-state index in [1.54, 1.807) is 12.1 Å². The van der Waals surface area contributed by atoms with E-state index in [1.165, 1.54) is 0 Å². The van der Waals surface area contributed by atoms with Crippen LogP contribution in [-0.4, -0.2) is 29.4 Å². The quantitative estimate of drug-likeness (QED) is 0.651. The molecule has 20 heavy (non-hydrogen) atoms. The Kier molecular flexibility index (Phi) is 4.90. The van der Waals surface area contributed by atoms with Gasteiger partial charge in [0.05, 0.1) is 0 Å². The van der Waals surface area contributed by atoms with Crippen LogP contribution in [0.5, 0.6) is 0 Å². The average Bonchev–Trinajstić information content (AvgIpc) is 2.48. The van der Waals surface area contributed by atoms with Crippen LogP contribution in [0.4, 0.5) is 0 Å². The number of aliphatic hydroxyl groups excluding tert-OH is 1. The van der Waals surface area contributed by atoms with Gasteiger partial charge in [0, 0.05) is 18.2 Å². The van der Waals surface area contributed by atoms with E-state index >= 15 is 0 Å². The third-order valence-corrected chi connectivity index (χ3v) is 3.96. The minimum absolute atomic E-state index is 0.0553. The van der Waals surface area contributed by atoms with E-state index in [9.17, 15) is 9.59 Å². The molecule has 4 heteroatoms. The highest BCUT2D eigenvalue weighted by molar-refractivity contribution is 6.42. The van der Waals surface area contributed by atoms with Gasteiger partial charge in [-0.1, -0.05) is 29.8 Å². The summed E-state index contributed by atoms with van der Waals surface area (Å²) in [6, 6.07) is 7.07. The Morgan fingerprint density at radius 1 is 1.15 bits per heavy atom. The van der Waals surface area contributed by atoms with Gasteiger partial charge in [0.15, 0.2) is 0 Å². The SMILES string of the molecule is Cc1ccc(C(=O)C(=O)NC2CCC(CO)CC2)cc1. The van der Waals surface area contributed by atoms with Crippen molar-refractivity contribution in [1.29, 1.82) is 0 Å². The van der Waals surface area contributed by atoms with Crippen LogP contribution >= 0.6 is 0 Å². The van der Waals surface area contributed by atoms with Crippen molar-refractivity contribution in [2.75, 3.05) is 6.61 Å². The lowest BCUT2D eigenvalue weighted by Gasteiger charge is -2.27. The molecule has 1 amide bonds. The van der Waals surface area contributed by atoms with Gasteiger partial charge in [0.1, 0.15) is 0 Å². The number of Topliss-reactive ketones (excluding diaryl/α,β-unsaturated/α-hetero) is 1. The van der Waals surface area contributed by atoms with Crippen molar-refractivity contribution < 1.29 is 14.7 Å². The van der Waals surface area contributed by atoms with Crippen LogP contribution in [0.15, 0.2) is 24.3 Å². The van der Waals surface area contributed by atoms with E-state index in [-0.39, 0.29) is 12.6 Å². The van der Waals surface area contributed by atoms with Crippen LogP contribution in [0.25, 0.3) is 0 Å². The number of carbonyl (C=O) groups excluding carboxylic acids is 2. The van der Waals surface area contributed by atoms with E-state index in [2.05, 4.69) is 5.32 Å². The molecule has 2 rings (SSSR count). The predicted octanol–water partition coefficient (Wildman–Crippen LogP) is 1.85. The zero-order chi connectivity index (χ0) is 14.5. The van der Waals surface area contributed by atoms with Gasteiger partial charge in [0.2, 0.25) is 5.78 Å². The van der Waals surface area contributed by atoms with Gasteiger partial charge in [-0.05, 0) is 38.5 Å². The molecule has 0 atom stereocenters. The molecule has 1 aliphatic rings. The minimum Gasteiger partial charge on any atom is -0.396 e. The Labute approximate surface area is 119 Å². The topological polar surface area (TPSA) is 66.4 Å². The summed E-state index contributed by atoms with van der Waals surface area (Å²) in [5.74, 6) is -0.661. The van der Waals surface area contributed by atoms with Gasteiger partial charge in [-0.15, -0.1) is 0 Å². The molecule has 0 aromatic heterocycles. The van der Waals surface area contributed by atoms with Crippen molar-refractivity contribution in [3.05, 3.63) is 35.4 Å². The molecule has 1 aliphatic carbocycles. The first-order valence-corrected chi connectivity index (χ1v) is 7.13. The molecule has 108 valence electrons. The molecule has 1 aromatic carbocycles. The fourth-order valence-electron chi connectivity index (χ4n) is 2.58. The molecule has 1 aromatic rings. The standard InChI is InChI=1S/C16H21NO3/c1-11-2-6-13(7-3-11)15(19)16(20)17-14-8-4-12(10-18)5-9-14/h2-3,6-7,12,14,18H,4-5,8-10H2,1H3,(H,17,20). The van der Waals surface area contributed by atoms with Crippen molar-refractivity contribution in [2.24, 2.45) is 5.92 Å².